The Bertz CT molecular complexity index is 556. The molecular weight excluding hydrogens is 286 g/mol. The molecular formula is C20H30NO2+. The molecule has 0 amide bonds. The van der Waals surface area contributed by atoms with Crippen molar-refractivity contribution in [3.8, 4) is 0 Å². The summed E-state index contributed by atoms with van der Waals surface area (Å²) in [5.41, 5.74) is 4.02. The summed E-state index contributed by atoms with van der Waals surface area (Å²) in [7, 11) is 0. The molecule has 3 atom stereocenters. The number of hydrogen-bond acceptors (Lipinski definition) is 2. The van der Waals surface area contributed by atoms with Gasteiger partial charge in [0.25, 0.3) is 0 Å². The minimum absolute atomic E-state index is 0.136. The van der Waals surface area contributed by atoms with E-state index < -0.39 is 0 Å². The number of piperidine rings is 2. The molecule has 0 bridgehead atoms. The number of benzene rings is 1. The van der Waals surface area contributed by atoms with Crippen LogP contribution in [-0.2, 0) is 4.74 Å². The molecule has 23 heavy (non-hydrogen) atoms. The molecule has 2 aliphatic heterocycles. The number of ether oxygens (including phenoxy) is 1. The average molecular weight is 316 g/mol. The molecule has 1 aromatic carbocycles. The Hall–Kier alpha value is -1.35. The molecule has 2 saturated heterocycles. The fraction of sp³-hybridized carbons (Fsp3) is 0.650. The van der Waals surface area contributed by atoms with Crippen molar-refractivity contribution < 1.29 is 14.4 Å². The highest BCUT2D eigenvalue weighted by Crippen LogP contribution is 2.22. The lowest BCUT2D eigenvalue weighted by Crippen LogP contribution is -3.18. The predicted molar refractivity (Wildman–Crippen MR) is 92.0 cm³/mol. The van der Waals surface area contributed by atoms with E-state index in [0.29, 0.717) is 18.6 Å². The van der Waals surface area contributed by atoms with Gasteiger partial charge in [0.15, 0.2) is 0 Å². The number of rotatable bonds is 3. The minimum atomic E-state index is -0.136. The Labute approximate surface area is 140 Å². The summed E-state index contributed by atoms with van der Waals surface area (Å²) < 4.78 is 5.77. The molecule has 0 aliphatic carbocycles. The van der Waals surface area contributed by atoms with Crippen molar-refractivity contribution in [2.24, 2.45) is 5.92 Å². The first kappa shape index (κ1) is 16.5. The summed E-state index contributed by atoms with van der Waals surface area (Å²) in [6, 6.07) is 4.85. The molecule has 126 valence electrons. The maximum Gasteiger partial charge on any atom is 0.338 e. The van der Waals surface area contributed by atoms with Crippen molar-refractivity contribution >= 4 is 5.97 Å². The highest BCUT2D eigenvalue weighted by atomic mass is 16.5. The van der Waals surface area contributed by atoms with Gasteiger partial charge in [-0.2, -0.15) is 0 Å². The van der Waals surface area contributed by atoms with Crippen LogP contribution in [-0.4, -0.2) is 31.7 Å². The topological polar surface area (TPSA) is 30.7 Å². The number of nitrogens with one attached hydrogen (secondary N) is 1. The zero-order chi connectivity index (χ0) is 16.4. The average Bonchev–Trinajstić information content (AvgIpc) is 2.52. The van der Waals surface area contributed by atoms with E-state index in [9.17, 15) is 4.79 Å². The van der Waals surface area contributed by atoms with Crippen LogP contribution in [0.4, 0.5) is 0 Å². The van der Waals surface area contributed by atoms with Crippen molar-refractivity contribution in [1.82, 2.24) is 0 Å². The van der Waals surface area contributed by atoms with Gasteiger partial charge in [-0.05, 0) is 64.0 Å². The van der Waals surface area contributed by atoms with Gasteiger partial charge in [-0.3, -0.25) is 0 Å². The zero-order valence-electron chi connectivity index (χ0n) is 14.8. The molecule has 1 unspecified atom stereocenters. The quantitative estimate of drug-likeness (QED) is 0.869. The highest BCUT2D eigenvalue weighted by Gasteiger charge is 2.37. The van der Waals surface area contributed by atoms with Crippen LogP contribution in [0.1, 0.15) is 59.2 Å². The monoisotopic (exact) mass is 316 g/mol. The molecule has 0 radical (unpaired) electrons. The normalized spacial score (nSPS) is 27.3. The zero-order valence-corrected chi connectivity index (χ0v) is 14.8. The van der Waals surface area contributed by atoms with Crippen LogP contribution < -0.4 is 4.90 Å². The van der Waals surface area contributed by atoms with E-state index in [2.05, 4.69) is 19.1 Å². The standard InChI is InChI=1S/C20H29NO2/c1-14-11-15(2)19(16(3)12-14)20(22)23-13-17-7-6-10-21-9-5-4-8-18(17)21/h11-12,17-18H,4-10,13H2,1-3H3/p+1/t17-,18-/m1/s1. The van der Waals surface area contributed by atoms with Gasteiger partial charge in [0.1, 0.15) is 6.61 Å². The molecule has 3 heteroatoms. The van der Waals surface area contributed by atoms with Crippen LogP contribution in [0.5, 0.6) is 0 Å². The van der Waals surface area contributed by atoms with Gasteiger partial charge in [0.05, 0.1) is 24.7 Å². The van der Waals surface area contributed by atoms with Gasteiger partial charge in [0.2, 0.25) is 0 Å². The second kappa shape index (κ2) is 7.04. The number of aryl methyl sites for hydroxylation is 3. The molecule has 0 spiro atoms. The van der Waals surface area contributed by atoms with Crippen molar-refractivity contribution in [2.45, 2.75) is 58.9 Å². The smallest absolute Gasteiger partial charge is 0.338 e. The van der Waals surface area contributed by atoms with Crippen LogP contribution in [0.2, 0.25) is 0 Å². The second-order valence-corrected chi connectivity index (χ2v) is 7.54. The Balaban J connectivity index is 1.65. The van der Waals surface area contributed by atoms with Crippen LogP contribution in [0.25, 0.3) is 0 Å². The first-order valence-electron chi connectivity index (χ1n) is 9.16. The van der Waals surface area contributed by atoms with Crippen molar-refractivity contribution in [3.05, 3.63) is 34.4 Å². The van der Waals surface area contributed by atoms with Gasteiger partial charge in [-0.25, -0.2) is 4.79 Å². The Morgan fingerprint density at radius 2 is 1.78 bits per heavy atom. The molecule has 1 aromatic rings. The SMILES string of the molecule is Cc1cc(C)c(C(=O)OC[C@H]2CCC[NH+]3CCCC[C@H]23)c(C)c1. The Morgan fingerprint density at radius 3 is 2.52 bits per heavy atom. The van der Waals surface area contributed by atoms with E-state index in [4.69, 9.17) is 4.74 Å². The lowest BCUT2D eigenvalue weighted by Gasteiger charge is -2.41. The second-order valence-electron chi connectivity index (χ2n) is 7.54. The third-order valence-electron chi connectivity index (χ3n) is 5.74. The summed E-state index contributed by atoms with van der Waals surface area (Å²) in [4.78, 5) is 14.3. The molecule has 3 rings (SSSR count). The Morgan fingerprint density at radius 1 is 1.09 bits per heavy atom. The van der Waals surface area contributed by atoms with Gasteiger partial charge < -0.3 is 9.64 Å². The number of quaternary nitrogens is 1. The lowest BCUT2D eigenvalue weighted by molar-refractivity contribution is -0.940. The van der Waals surface area contributed by atoms with Crippen molar-refractivity contribution in [1.29, 1.82) is 0 Å². The fourth-order valence-electron chi connectivity index (χ4n) is 4.73. The minimum Gasteiger partial charge on any atom is -0.462 e. The molecule has 0 saturated carbocycles. The summed E-state index contributed by atoms with van der Waals surface area (Å²) in [5.74, 6) is 0.414. The van der Waals surface area contributed by atoms with Crippen LogP contribution >= 0.6 is 0 Å². The van der Waals surface area contributed by atoms with Gasteiger partial charge in [0, 0.05) is 5.92 Å². The maximum atomic E-state index is 12.6. The molecule has 3 nitrogen and oxygen atoms in total. The molecule has 1 N–H and O–H groups in total. The summed E-state index contributed by atoms with van der Waals surface area (Å²) in [5, 5.41) is 0. The Kier molecular flexibility index (Phi) is 5.05. The molecule has 2 aliphatic rings. The van der Waals surface area contributed by atoms with E-state index in [1.807, 2.05) is 13.8 Å². The van der Waals surface area contributed by atoms with Crippen molar-refractivity contribution in [3.63, 3.8) is 0 Å². The molecule has 2 fully saturated rings. The first-order valence-corrected chi connectivity index (χ1v) is 9.16. The van der Waals surface area contributed by atoms with Crippen molar-refractivity contribution in [2.75, 3.05) is 19.7 Å². The van der Waals surface area contributed by atoms with E-state index in [1.165, 1.54) is 50.8 Å². The van der Waals surface area contributed by atoms with Gasteiger partial charge in [-0.1, -0.05) is 17.7 Å². The van der Waals surface area contributed by atoms with E-state index in [1.54, 1.807) is 4.90 Å². The lowest BCUT2D eigenvalue weighted by atomic mass is 9.84. The fourth-order valence-corrected chi connectivity index (χ4v) is 4.73. The van der Waals surface area contributed by atoms with E-state index >= 15 is 0 Å². The summed E-state index contributed by atoms with van der Waals surface area (Å²) in [6.45, 7) is 9.29. The molecule has 0 aromatic heterocycles. The number of esters is 1. The third-order valence-corrected chi connectivity index (χ3v) is 5.74. The van der Waals surface area contributed by atoms with Crippen LogP contribution in [0.3, 0.4) is 0 Å². The number of hydrogen-bond donors (Lipinski definition) is 1. The third kappa shape index (κ3) is 3.60. The van der Waals surface area contributed by atoms with Crippen LogP contribution in [0.15, 0.2) is 12.1 Å². The number of carbonyl (C=O) groups excluding carboxylic acids is 1. The summed E-state index contributed by atoms with van der Waals surface area (Å²) >= 11 is 0. The van der Waals surface area contributed by atoms with Gasteiger partial charge >= 0.3 is 5.97 Å². The summed E-state index contributed by atoms with van der Waals surface area (Å²) in [6.07, 6.45) is 6.50. The highest BCUT2D eigenvalue weighted by molar-refractivity contribution is 5.92. The van der Waals surface area contributed by atoms with E-state index in [0.717, 1.165) is 16.7 Å². The largest absolute Gasteiger partial charge is 0.462 e. The van der Waals surface area contributed by atoms with Crippen LogP contribution in [0, 0.1) is 26.7 Å². The molecule has 2 heterocycles. The predicted octanol–water partition coefficient (Wildman–Crippen LogP) is 2.62. The van der Waals surface area contributed by atoms with Gasteiger partial charge in [-0.15, -0.1) is 0 Å². The first-order chi connectivity index (χ1) is 11.1. The van der Waals surface area contributed by atoms with E-state index in [-0.39, 0.29) is 5.97 Å². The number of carbonyl (C=O) groups is 1. The maximum absolute atomic E-state index is 12.6. The number of fused-ring (bicyclic) bond motifs is 1.